The maximum absolute atomic E-state index is 11.6. The fraction of sp³-hybridized carbons (Fsp3) is 1.00. The lowest BCUT2D eigenvalue weighted by molar-refractivity contribution is 0.345. The molecule has 0 aromatic rings. The fourth-order valence-corrected chi connectivity index (χ4v) is 6.35. The zero-order chi connectivity index (χ0) is 8.34. The molecule has 2 nitrogen and oxygen atoms in total. The standard InChI is InChI=1S/C9H14O2S/c10-12(11)4-3-8-6-1-2-7(5-6)9(8)12/h6-9H,1-5H2. The number of hydrogen-bond acceptors (Lipinski definition) is 2. The summed E-state index contributed by atoms with van der Waals surface area (Å²) in [6, 6.07) is 0. The van der Waals surface area contributed by atoms with Gasteiger partial charge in [-0.25, -0.2) is 8.42 Å². The molecular formula is C9H14O2S. The molecule has 12 heavy (non-hydrogen) atoms. The Morgan fingerprint density at radius 2 is 1.75 bits per heavy atom. The van der Waals surface area contributed by atoms with Crippen molar-refractivity contribution < 1.29 is 8.42 Å². The van der Waals surface area contributed by atoms with E-state index in [1.165, 1.54) is 19.3 Å². The maximum atomic E-state index is 11.6. The summed E-state index contributed by atoms with van der Waals surface area (Å²) >= 11 is 0. The summed E-state index contributed by atoms with van der Waals surface area (Å²) in [5.41, 5.74) is 0. The molecule has 3 heteroatoms. The quantitative estimate of drug-likeness (QED) is 0.570. The van der Waals surface area contributed by atoms with Gasteiger partial charge in [0.1, 0.15) is 0 Å². The van der Waals surface area contributed by atoms with Gasteiger partial charge in [0.05, 0.1) is 11.0 Å². The van der Waals surface area contributed by atoms with Crippen LogP contribution in [0.25, 0.3) is 0 Å². The van der Waals surface area contributed by atoms with Crippen LogP contribution in [-0.2, 0) is 9.84 Å². The molecule has 0 radical (unpaired) electrons. The molecule has 3 rings (SSSR count). The molecule has 68 valence electrons. The van der Waals surface area contributed by atoms with E-state index >= 15 is 0 Å². The first-order valence-corrected chi connectivity index (χ1v) is 6.61. The number of fused-ring (bicyclic) bond motifs is 5. The van der Waals surface area contributed by atoms with Crippen LogP contribution in [0.5, 0.6) is 0 Å². The van der Waals surface area contributed by atoms with Crippen molar-refractivity contribution in [3.63, 3.8) is 0 Å². The Balaban J connectivity index is 2.05. The van der Waals surface area contributed by atoms with E-state index in [4.69, 9.17) is 0 Å². The summed E-state index contributed by atoms with van der Waals surface area (Å²) in [6.45, 7) is 0. The van der Waals surface area contributed by atoms with Crippen LogP contribution in [0, 0.1) is 17.8 Å². The van der Waals surface area contributed by atoms with Gasteiger partial charge in [0.15, 0.2) is 9.84 Å². The summed E-state index contributed by atoms with van der Waals surface area (Å²) in [4.78, 5) is 0. The molecule has 4 unspecified atom stereocenters. The van der Waals surface area contributed by atoms with E-state index in [1.807, 2.05) is 0 Å². The largest absolute Gasteiger partial charge is 0.229 e. The molecule has 3 aliphatic rings. The maximum Gasteiger partial charge on any atom is 0.153 e. The molecule has 1 aliphatic heterocycles. The van der Waals surface area contributed by atoms with Crippen molar-refractivity contribution in [2.75, 3.05) is 5.75 Å². The van der Waals surface area contributed by atoms with Crippen LogP contribution in [0.4, 0.5) is 0 Å². The van der Waals surface area contributed by atoms with Crippen LogP contribution in [0.1, 0.15) is 25.7 Å². The van der Waals surface area contributed by atoms with Gasteiger partial charge in [-0.05, 0) is 43.4 Å². The highest BCUT2D eigenvalue weighted by Gasteiger charge is 2.56. The minimum absolute atomic E-state index is 0.0937. The monoisotopic (exact) mass is 186 g/mol. The molecule has 4 atom stereocenters. The van der Waals surface area contributed by atoms with Crippen LogP contribution < -0.4 is 0 Å². The molecule has 0 aromatic heterocycles. The number of sulfone groups is 1. The van der Waals surface area contributed by atoms with Gasteiger partial charge in [0, 0.05) is 0 Å². The third-order valence-corrected chi connectivity index (χ3v) is 6.52. The molecule has 1 saturated heterocycles. The van der Waals surface area contributed by atoms with Crippen molar-refractivity contribution in [1.29, 1.82) is 0 Å². The van der Waals surface area contributed by atoms with Gasteiger partial charge in [0.2, 0.25) is 0 Å². The van der Waals surface area contributed by atoms with Crippen LogP contribution >= 0.6 is 0 Å². The first kappa shape index (κ1) is 7.36. The zero-order valence-corrected chi connectivity index (χ0v) is 7.89. The molecule has 1 heterocycles. The Morgan fingerprint density at radius 3 is 2.50 bits per heavy atom. The van der Waals surface area contributed by atoms with Crippen molar-refractivity contribution in [1.82, 2.24) is 0 Å². The van der Waals surface area contributed by atoms with Crippen molar-refractivity contribution in [3.8, 4) is 0 Å². The summed E-state index contributed by atoms with van der Waals surface area (Å²) in [7, 11) is -2.65. The molecule has 2 saturated carbocycles. The number of hydrogen-bond donors (Lipinski definition) is 0. The smallest absolute Gasteiger partial charge is 0.153 e. The first-order chi connectivity index (χ1) is 5.68. The van der Waals surface area contributed by atoms with Crippen LogP contribution in [0.3, 0.4) is 0 Å². The molecule has 0 spiro atoms. The third-order valence-electron chi connectivity index (χ3n) is 4.16. The topological polar surface area (TPSA) is 34.1 Å². The van der Waals surface area contributed by atoms with E-state index in [-0.39, 0.29) is 5.25 Å². The second-order valence-corrected chi connectivity index (χ2v) is 6.90. The Labute approximate surface area is 73.3 Å². The van der Waals surface area contributed by atoms with Gasteiger partial charge in [-0.2, -0.15) is 0 Å². The number of rotatable bonds is 0. The Morgan fingerprint density at radius 1 is 1.00 bits per heavy atom. The molecular weight excluding hydrogens is 172 g/mol. The fourth-order valence-electron chi connectivity index (χ4n) is 3.75. The predicted octanol–water partition coefficient (Wildman–Crippen LogP) is 1.22. The summed E-state index contributed by atoms with van der Waals surface area (Å²) in [5, 5.41) is 0.0937. The van der Waals surface area contributed by atoms with Crippen molar-refractivity contribution in [2.24, 2.45) is 17.8 Å². The van der Waals surface area contributed by atoms with Crippen LogP contribution in [-0.4, -0.2) is 19.4 Å². The molecule has 3 fully saturated rings. The summed E-state index contributed by atoms with van der Waals surface area (Å²) < 4.78 is 23.3. The van der Waals surface area contributed by atoms with Crippen LogP contribution in [0.2, 0.25) is 0 Å². The van der Waals surface area contributed by atoms with E-state index in [1.54, 1.807) is 0 Å². The van der Waals surface area contributed by atoms with Gasteiger partial charge >= 0.3 is 0 Å². The third kappa shape index (κ3) is 0.734. The Bertz CT molecular complexity index is 306. The van der Waals surface area contributed by atoms with Crippen molar-refractivity contribution in [3.05, 3.63) is 0 Å². The first-order valence-electron chi connectivity index (χ1n) is 4.90. The van der Waals surface area contributed by atoms with Gasteiger partial charge in [-0.3, -0.25) is 0 Å². The lowest BCUT2D eigenvalue weighted by Crippen LogP contribution is -2.28. The van der Waals surface area contributed by atoms with Gasteiger partial charge in [-0.1, -0.05) is 0 Å². The Kier molecular flexibility index (Phi) is 1.26. The predicted molar refractivity (Wildman–Crippen MR) is 46.5 cm³/mol. The highest BCUT2D eigenvalue weighted by molar-refractivity contribution is 7.92. The van der Waals surface area contributed by atoms with Crippen LogP contribution in [0.15, 0.2) is 0 Å². The van der Waals surface area contributed by atoms with Gasteiger partial charge in [-0.15, -0.1) is 0 Å². The van der Waals surface area contributed by atoms with E-state index in [9.17, 15) is 8.42 Å². The molecule has 2 aliphatic carbocycles. The average molecular weight is 186 g/mol. The summed E-state index contributed by atoms with van der Waals surface area (Å²) in [5.74, 6) is 2.37. The highest BCUT2D eigenvalue weighted by Crippen LogP contribution is 2.55. The van der Waals surface area contributed by atoms with E-state index in [0.29, 0.717) is 17.6 Å². The van der Waals surface area contributed by atoms with Gasteiger partial charge < -0.3 is 0 Å². The second kappa shape index (κ2) is 2.06. The SMILES string of the molecule is O=S1(=O)CCC2C3CCC(C3)C21. The normalized spacial score (nSPS) is 54.3. The molecule has 2 bridgehead atoms. The lowest BCUT2D eigenvalue weighted by atomic mass is 9.87. The second-order valence-electron chi connectivity index (χ2n) is 4.62. The van der Waals surface area contributed by atoms with E-state index < -0.39 is 9.84 Å². The molecule has 0 N–H and O–H groups in total. The van der Waals surface area contributed by atoms with Crippen molar-refractivity contribution in [2.45, 2.75) is 30.9 Å². The van der Waals surface area contributed by atoms with E-state index in [0.717, 1.165) is 12.3 Å². The lowest BCUT2D eigenvalue weighted by Gasteiger charge is -2.22. The minimum Gasteiger partial charge on any atom is -0.229 e. The zero-order valence-electron chi connectivity index (χ0n) is 7.07. The molecule has 0 aromatic carbocycles. The van der Waals surface area contributed by atoms with Gasteiger partial charge in [0.25, 0.3) is 0 Å². The van der Waals surface area contributed by atoms with Crippen molar-refractivity contribution >= 4 is 9.84 Å². The molecule has 0 amide bonds. The summed E-state index contributed by atoms with van der Waals surface area (Å²) in [6.07, 6.45) is 4.68. The Hall–Kier alpha value is -0.0500. The van der Waals surface area contributed by atoms with E-state index in [2.05, 4.69) is 0 Å². The minimum atomic E-state index is -2.65. The highest BCUT2D eigenvalue weighted by atomic mass is 32.2. The average Bonchev–Trinajstić information content (AvgIpc) is 2.61.